The maximum atomic E-state index is 5.07. The molecule has 5 rings (SSSR count). The van der Waals surface area contributed by atoms with Crippen molar-refractivity contribution >= 4 is 43.1 Å². The van der Waals surface area contributed by atoms with Gasteiger partial charge in [0, 0.05) is 10.9 Å². The topological polar surface area (TPSA) is 12.9 Å². The first kappa shape index (κ1) is 16.5. The number of rotatable bonds is 1. The third kappa shape index (κ3) is 2.72. The SMILES string of the molecule is CC(C)(C)c1ccc2ccc3ccc4sc(-c5ccccc5)nc4c3c2c1. The second-order valence-electron chi connectivity index (χ2n) is 8.15. The Labute approximate surface area is 163 Å². The van der Waals surface area contributed by atoms with E-state index < -0.39 is 0 Å². The minimum atomic E-state index is 0.127. The van der Waals surface area contributed by atoms with E-state index >= 15 is 0 Å². The highest BCUT2D eigenvalue weighted by atomic mass is 32.1. The van der Waals surface area contributed by atoms with Crippen LogP contribution in [-0.2, 0) is 5.41 Å². The number of nitrogens with zero attached hydrogens (tertiary/aromatic N) is 1. The number of aromatic nitrogens is 1. The van der Waals surface area contributed by atoms with Crippen LogP contribution >= 0.6 is 11.3 Å². The molecule has 0 spiro atoms. The quantitative estimate of drug-likeness (QED) is 0.278. The fourth-order valence-electron chi connectivity index (χ4n) is 3.70. The number of thiazole rings is 1. The molecular formula is C25H21NS. The molecule has 0 bridgehead atoms. The molecular weight excluding hydrogens is 346 g/mol. The molecule has 0 saturated heterocycles. The lowest BCUT2D eigenvalue weighted by Crippen LogP contribution is -2.10. The van der Waals surface area contributed by atoms with Gasteiger partial charge in [0.1, 0.15) is 5.01 Å². The van der Waals surface area contributed by atoms with Gasteiger partial charge >= 0.3 is 0 Å². The number of hydrogen-bond acceptors (Lipinski definition) is 2. The van der Waals surface area contributed by atoms with Crippen molar-refractivity contribution in [3.63, 3.8) is 0 Å². The Morgan fingerprint density at radius 3 is 2.26 bits per heavy atom. The second-order valence-corrected chi connectivity index (χ2v) is 9.18. The first-order chi connectivity index (χ1) is 13.0. The summed E-state index contributed by atoms with van der Waals surface area (Å²) in [6.07, 6.45) is 0. The van der Waals surface area contributed by atoms with Gasteiger partial charge in [-0.25, -0.2) is 4.98 Å². The third-order valence-electron chi connectivity index (χ3n) is 5.24. The monoisotopic (exact) mass is 367 g/mol. The Balaban J connectivity index is 1.87. The van der Waals surface area contributed by atoms with Crippen molar-refractivity contribution < 1.29 is 0 Å². The van der Waals surface area contributed by atoms with Crippen LogP contribution < -0.4 is 0 Å². The first-order valence-electron chi connectivity index (χ1n) is 9.33. The van der Waals surface area contributed by atoms with E-state index in [2.05, 4.69) is 87.5 Å². The lowest BCUT2D eigenvalue weighted by molar-refractivity contribution is 0.591. The molecule has 0 N–H and O–H groups in total. The molecule has 0 unspecified atom stereocenters. The van der Waals surface area contributed by atoms with Crippen LogP contribution in [0.1, 0.15) is 26.3 Å². The summed E-state index contributed by atoms with van der Waals surface area (Å²) < 4.78 is 1.25. The highest BCUT2D eigenvalue weighted by molar-refractivity contribution is 7.21. The van der Waals surface area contributed by atoms with Crippen LogP contribution in [0.3, 0.4) is 0 Å². The summed E-state index contributed by atoms with van der Waals surface area (Å²) >= 11 is 1.77. The van der Waals surface area contributed by atoms with Crippen molar-refractivity contribution in [3.05, 3.63) is 78.4 Å². The van der Waals surface area contributed by atoms with Gasteiger partial charge in [0.2, 0.25) is 0 Å². The molecule has 27 heavy (non-hydrogen) atoms. The molecule has 0 fully saturated rings. The summed E-state index contributed by atoms with van der Waals surface area (Å²) in [5.41, 5.74) is 3.79. The number of hydrogen-bond donors (Lipinski definition) is 0. The van der Waals surface area contributed by atoms with Gasteiger partial charge in [-0.1, -0.05) is 81.4 Å². The maximum absolute atomic E-state index is 5.07. The molecule has 2 heteroatoms. The zero-order valence-electron chi connectivity index (χ0n) is 15.8. The van der Waals surface area contributed by atoms with Crippen LogP contribution in [0.15, 0.2) is 72.8 Å². The molecule has 0 aliphatic heterocycles. The van der Waals surface area contributed by atoms with E-state index in [1.165, 1.54) is 37.4 Å². The number of fused-ring (bicyclic) bond motifs is 5. The summed E-state index contributed by atoms with van der Waals surface area (Å²) in [5.74, 6) is 0. The van der Waals surface area contributed by atoms with Crippen LogP contribution in [-0.4, -0.2) is 4.98 Å². The predicted octanol–water partition coefficient (Wildman–Crippen LogP) is 7.57. The fourth-order valence-corrected chi connectivity index (χ4v) is 4.68. The van der Waals surface area contributed by atoms with Gasteiger partial charge < -0.3 is 0 Å². The number of benzene rings is 4. The Morgan fingerprint density at radius 2 is 1.48 bits per heavy atom. The molecule has 0 atom stereocenters. The van der Waals surface area contributed by atoms with Gasteiger partial charge in [-0.05, 0) is 39.3 Å². The zero-order valence-corrected chi connectivity index (χ0v) is 16.6. The molecule has 0 aliphatic rings. The third-order valence-corrected chi connectivity index (χ3v) is 6.31. The molecule has 1 nitrogen and oxygen atoms in total. The highest BCUT2D eigenvalue weighted by Gasteiger charge is 2.16. The average molecular weight is 368 g/mol. The Bertz CT molecular complexity index is 1290. The Hall–Kier alpha value is -2.71. The van der Waals surface area contributed by atoms with Crippen molar-refractivity contribution in [2.24, 2.45) is 0 Å². The van der Waals surface area contributed by atoms with Gasteiger partial charge in [-0.3, -0.25) is 0 Å². The normalized spacial score (nSPS) is 12.3. The summed E-state index contributed by atoms with van der Waals surface area (Å²) in [4.78, 5) is 5.07. The fraction of sp³-hybridized carbons (Fsp3) is 0.160. The maximum Gasteiger partial charge on any atom is 0.124 e. The van der Waals surface area contributed by atoms with E-state index in [0.717, 1.165) is 10.5 Å². The van der Waals surface area contributed by atoms with E-state index in [-0.39, 0.29) is 5.41 Å². The van der Waals surface area contributed by atoms with E-state index in [1.807, 2.05) is 6.07 Å². The molecule has 0 radical (unpaired) electrons. The molecule has 4 aromatic carbocycles. The van der Waals surface area contributed by atoms with E-state index in [0.29, 0.717) is 0 Å². The van der Waals surface area contributed by atoms with Crippen molar-refractivity contribution in [1.29, 1.82) is 0 Å². The van der Waals surface area contributed by atoms with E-state index in [4.69, 9.17) is 4.98 Å². The van der Waals surface area contributed by atoms with Crippen LogP contribution in [0.25, 0.3) is 42.3 Å². The summed E-state index contributed by atoms with van der Waals surface area (Å²) in [7, 11) is 0. The van der Waals surface area contributed by atoms with Gasteiger partial charge in [0.25, 0.3) is 0 Å². The zero-order chi connectivity index (χ0) is 18.6. The predicted molar refractivity (Wildman–Crippen MR) is 119 cm³/mol. The smallest absolute Gasteiger partial charge is 0.124 e. The van der Waals surface area contributed by atoms with Crippen LogP contribution in [0, 0.1) is 0 Å². The molecule has 0 aliphatic carbocycles. The molecule has 0 amide bonds. The average Bonchev–Trinajstić information content (AvgIpc) is 3.11. The molecule has 0 saturated carbocycles. The standard InChI is InChI=1S/C25H21NS/c1-25(2,3)19-13-11-16-9-10-17-12-14-21-23(22(17)20(16)15-19)26-24(27-21)18-7-5-4-6-8-18/h4-15H,1-3H3. The minimum Gasteiger partial charge on any atom is -0.235 e. The second kappa shape index (κ2) is 5.90. The van der Waals surface area contributed by atoms with Gasteiger partial charge in [0.15, 0.2) is 0 Å². The van der Waals surface area contributed by atoms with Crippen LogP contribution in [0.5, 0.6) is 0 Å². The highest BCUT2D eigenvalue weighted by Crippen LogP contribution is 2.38. The van der Waals surface area contributed by atoms with E-state index in [9.17, 15) is 0 Å². The largest absolute Gasteiger partial charge is 0.235 e. The lowest BCUT2D eigenvalue weighted by Gasteiger charge is -2.20. The van der Waals surface area contributed by atoms with Gasteiger partial charge in [0.05, 0.1) is 10.2 Å². The molecule has 5 aromatic rings. The van der Waals surface area contributed by atoms with Crippen molar-refractivity contribution in [3.8, 4) is 10.6 Å². The molecule has 1 aromatic heterocycles. The summed E-state index contributed by atoms with van der Waals surface area (Å²) in [6, 6.07) is 26.2. The van der Waals surface area contributed by atoms with E-state index in [1.54, 1.807) is 11.3 Å². The van der Waals surface area contributed by atoms with Crippen molar-refractivity contribution in [1.82, 2.24) is 4.98 Å². The molecule has 1 heterocycles. The first-order valence-corrected chi connectivity index (χ1v) is 10.1. The lowest BCUT2D eigenvalue weighted by atomic mass is 9.85. The van der Waals surface area contributed by atoms with Crippen molar-refractivity contribution in [2.45, 2.75) is 26.2 Å². The summed E-state index contributed by atoms with van der Waals surface area (Å²) in [5, 5.41) is 6.19. The minimum absolute atomic E-state index is 0.127. The van der Waals surface area contributed by atoms with Crippen LogP contribution in [0.4, 0.5) is 0 Å². The Morgan fingerprint density at radius 1 is 0.778 bits per heavy atom. The van der Waals surface area contributed by atoms with Crippen molar-refractivity contribution in [2.75, 3.05) is 0 Å². The molecule has 132 valence electrons. The van der Waals surface area contributed by atoms with Gasteiger partial charge in [-0.2, -0.15) is 0 Å². The van der Waals surface area contributed by atoms with Crippen LogP contribution in [0.2, 0.25) is 0 Å². The summed E-state index contributed by atoms with van der Waals surface area (Å²) in [6.45, 7) is 6.81. The van der Waals surface area contributed by atoms with Gasteiger partial charge in [-0.15, -0.1) is 11.3 Å². The Kier molecular flexibility index (Phi) is 3.60.